The van der Waals surface area contributed by atoms with Crippen molar-refractivity contribution in [2.24, 2.45) is 0 Å². The monoisotopic (exact) mass is 1000 g/mol. The molecule has 2 aromatic heterocycles. The molecule has 0 saturated heterocycles. The summed E-state index contributed by atoms with van der Waals surface area (Å²) in [5.74, 6) is 0.811. The van der Waals surface area contributed by atoms with Crippen molar-refractivity contribution in [1.82, 2.24) is 9.13 Å². The van der Waals surface area contributed by atoms with E-state index in [0.29, 0.717) is 0 Å². The Hall–Kier alpha value is -10.1. The van der Waals surface area contributed by atoms with E-state index in [1.165, 1.54) is 59.6 Å². The number of nitrogens with zero attached hydrogens (tertiary/aromatic N) is 4. The van der Waals surface area contributed by atoms with Gasteiger partial charge in [-0.15, -0.1) is 0 Å². The van der Waals surface area contributed by atoms with Gasteiger partial charge >= 0.3 is 0 Å². The van der Waals surface area contributed by atoms with Gasteiger partial charge in [-0.3, -0.25) is 0 Å². The van der Waals surface area contributed by atoms with Crippen LogP contribution in [-0.4, -0.2) is 21.4 Å². The van der Waals surface area contributed by atoms with Gasteiger partial charge in [0.05, 0.1) is 35.8 Å². The lowest BCUT2D eigenvalue weighted by Crippen LogP contribution is -2.10. The highest BCUT2D eigenvalue weighted by Crippen LogP contribution is 2.47. The molecule has 13 aromatic carbocycles. The summed E-state index contributed by atoms with van der Waals surface area (Å²) >= 11 is 0. The first-order valence-electron chi connectivity index (χ1n) is 26.5. The van der Waals surface area contributed by atoms with Crippen molar-refractivity contribution in [2.75, 3.05) is 16.9 Å². The fourth-order valence-electron chi connectivity index (χ4n) is 12.2. The third-order valence-electron chi connectivity index (χ3n) is 15.8. The largest absolute Gasteiger partial charge is 0.497 e. The molecule has 0 spiro atoms. The molecular weight excluding hydrogens is 953 g/mol. The first kappa shape index (κ1) is 45.3. The van der Waals surface area contributed by atoms with Crippen LogP contribution >= 0.6 is 0 Å². The minimum absolute atomic E-state index is 0.0141. The standard InChI is InChI=1S/C72H50N4O2/c1-78-64-39-37-61(38-40-64)74(63-43-55-26-24-51-12-10-20-66-70(51)72(55)68(45-63)76(66)57-17-6-3-7-18-57)60-35-29-49(30-36-60)53-14-8-13-52(41-53)48-27-33-59(34-28-48)73(58-31-21-47(46-77)22-32-58)62-42-54-25-23-50-11-9-19-65-69(50)71(54)67(44-62)75(65)56-15-4-2-5-16-56/h2-45,77H,46H2,1H3. The molecule has 0 unspecified atom stereocenters. The number of aromatic nitrogens is 2. The lowest BCUT2D eigenvalue weighted by Gasteiger charge is -2.27. The van der Waals surface area contributed by atoms with Gasteiger partial charge in [0.2, 0.25) is 0 Å². The Labute approximate surface area is 451 Å². The van der Waals surface area contributed by atoms with Crippen LogP contribution in [0.1, 0.15) is 5.56 Å². The second kappa shape index (κ2) is 18.3. The number of ether oxygens (including phenoxy) is 1. The lowest BCUT2D eigenvalue weighted by molar-refractivity contribution is 0.282. The summed E-state index contributed by atoms with van der Waals surface area (Å²) in [6.45, 7) is -0.0141. The summed E-state index contributed by atoms with van der Waals surface area (Å²) in [6, 6.07) is 96.1. The minimum Gasteiger partial charge on any atom is -0.497 e. The molecule has 0 saturated carbocycles. The van der Waals surface area contributed by atoms with Crippen LogP contribution in [0.15, 0.2) is 267 Å². The molecule has 6 heteroatoms. The molecule has 0 amide bonds. The summed E-state index contributed by atoms with van der Waals surface area (Å²) < 4.78 is 10.4. The fourth-order valence-corrected chi connectivity index (χ4v) is 12.2. The zero-order valence-electron chi connectivity index (χ0n) is 42.8. The molecule has 15 rings (SSSR count). The van der Waals surface area contributed by atoms with Crippen LogP contribution in [-0.2, 0) is 6.61 Å². The number of anilines is 6. The molecule has 0 aliphatic carbocycles. The quantitative estimate of drug-likeness (QED) is 0.124. The highest BCUT2D eigenvalue weighted by atomic mass is 16.5. The predicted octanol–water partition coefficient (Wildman–Crippen LogP) is 18.8. The van der Waals surface area contributed by atoms with E-state index >= 15 is 0 Å². The molecule has 0 radical (unpaired) electrons. The number of aliphatic hydroxyl groups excluding tert-OH is 1. The molecule has 2 heterocycles. The molecule has 1 N–H and O–H groups in total. The summed E-state index contributed by atoms with van der Waals surface area (Å²) in [5, 5.41) is 20.0. The van der Waals surface area contributed by atoms with Gasteiger partial charge in [-0.25, -0.2) is 0 Å². The summed E-state index contributed by atoms with van der Waals surface area (Å²) in [4.78, 5) is 4.68. The fraction of sp³-hybridized carbons (Fsp3) is 0.0278. The average Bonchev–Trinajstić information content (AvgIpc) is 3.92. The van der Waals surface area contributed by atoms with Crippen molar-refractivity contribution in [2.45, 2.75) is 6.61 Å². The smallest absolute Gasteiger partial charge is 0.119 e. The Balaban J connectivity index is 0.794. The van der Waals surface area contributed by atoms with Gasteiger partial charge in [-0.05, 0) is 177 Å². The lowest BCUT2D eigenvalue weighted by atomic mass is 9.98. The third kappa shape index (κ3) is 7.37. The topological polar surface area (TPSA) is 45.8 Å². The number of benzene rings is 13. The van der Waals surface area contributed by atoms with Crippen molar-refractivity contribution < 1.29 is 9.84 Å². The van der Waals surface area contributed by atoms with E-state index in [4.69, 9.17) is 4.74 Å². The van der Waals surface area contributed by atoms with Crippen LogP contribution in [0, 0.1) is 0 Å². The van der Waals surface area contributed by atoms with Gasteiger partial charge in [0.15, 0.2) is 0 Å². The van der Waals surface area contributed by atoms with Crippen LogP contribution in [0.4, 0.5) is 34.1 Å². The van der Waals surface area contributed by atoms with Crippen molar-refractivity contribution in [1.29, 1.82) is 0 Å². The Kier molecular flexibility index (Phi) is 10.6. The molecule has 0 aliphatic rings. The maximum atomic E-state index is 10.0. The van der Waals surface area contributed by atoms with E-state index in [-0.39, 0.29) is 6.61 Å². The Morgan fingerprint density at radius 3 is 1.15 bits per heavy atom. The van der Waals surface area contributed by atoms with E-state index in [0.717, 1.165) is 84.6 Å². The van der Waals surface area contributed by atoms with Crippen molar-refractivity contribution in [3.05, 3.63) is 272 Å². The maximum Gasteiger partial charge on any atom is 0.119 e. The van der Waals surface area contributed by atoms with E-state index in [1.807, 2.05) is 24.3 Å². The molecule has 78 heavy (non-hydrogen) atoms. The van der Waals surface area contributed by atoms with Crippen molar-refractivity contribution in [3.63, 3.8) is 0 Å². The molecule has 0 fully saturated rings. The average molecular weight is 1000 g/mol. The Bertz CT molecular complexity index is 4360. The number of para-hydroxylation sites is 2. The van der Waals surface area contributed by atoms with Gasteiger partial charge in [-0.2, -0.15) is 0 Å². The molecule has 370 valence electrons. The second-order valence-corrected chi connectivity index (χ2v) is 20.2. The van der Waals surface area contributed by atoms with Crippen LogP contribution < -0.4 is 14.5 Å². The van der Waals surface area contributed by atoms with Crippen LogP contribution in [0.25, 0.3) is 98.8 Å². The zero-order valence-corrected chi connectivity index (χ0v) is 42.8. The van der Waals surface area contributed by atoms with E-state index in [2.05, 4.69) is 262 Å². The molecule has 15 aromatic rings. The van der Waals surface area contributed by atoms with Gasteiger partial charge in [-0.1, -0.05) is 140 Å². The third-order valence-corrected chi connectivity index (χ3v) is 15.8. The second-order valence-electron chi connectivity index (χ2n) is 20.2. The first-order chi connectivity index (χ1) is 38.6. The van der Waals surface area contributed by atoms with Crippen LogP contribution in [0.5, 0.6) is 5.75 Å². The van der Waals surface area contributed by atoms with Gasteiger partial charge in [0.1, 0.15) is 5.75 Å². The molecule has 0 atom stereocenters. The maximum absolute atomic E-state index is 10.0. The van der Waals surface area contributed by atoms with Gasteiger partial charge in [0, 0.05) is 67.0 Å². The van der Waals surface area contributed by atoms with Crippen molar-refractivity contribution in [3.8, 4) is 39.4 Å². The normalized spacial score (nSPS) is 11.8. The molecule has 0 aliphatic heterocycles. The highest BCUT2D eigenvalue weighted by Gasteiger charge is 2.23. The van der Waals surface area contributed by atoms with Gasteiger partial charge in [0.25, 0.3) is 0 Å². The Morgan fingerprint density at radius 1 is 0.321 bits per heavy atom. The summed E-state index contributed by atoms with van der Waals surface area (Å²) in [5.41, 5.74) is 18.6. The van der Waals surface area contributed by atoms with Crippen molar-refractivity contribution >= 4 is 99.3 Å². The summed E-state index contributed by atoms with van der Waals surface area (Å²) in [6.07, 6.45) is 0. The SMILES string of the molecule is COc1ccc(N(c2ccc(-c3cccc(-c4ccc(N(c5ccc(CO)cc5)c5cc6ccc7cccc8c7c6c(c5)n8-c5ccccc5)cc4)c3)cc2)c2cc3ccc4cccc5c4c3c(c2)n5-c2ccccc2)cc1. The number of aliphatic hydroxyl groups is 1. The molecule has 0 bridgehead atoms. The first-order valence-corrected chi connectivity index (χ1v) is 26.5. The number of hydrogen-bond donors (Lipinski definition) is 1. The number of rotatable bonds is 12. The number of hydrogen-bond acceptors (Lipinski definition) is 4. The van der Waals surface area contributed by atoms with Crippen LogP contribution in [0.3, 0.4) is 0 Å². The Morgan fingerprint density at radius 2 is 0.718 bits per heavy atom. The zero-order chi connectivity index (χ0) is 51.8. The minimum atomic E-state index is -0.0141. The molecule has 6 nitrogen and oxygen atoms in total. The van der Waals surface area contributed by atoms with E-state index < -0.39 is 0 Å². The number of methoxy groups -OCH3 is 1. The van der Waals surface area contributed by atoms with Crippen LogP contribution in [0.2, 0.25) is 0 Å². The van der Waals surface area contributed by atoms with E-state index in [1.54, 1.807) is 7.11 Å². The van der Waals surface area contributed by atoms with Gasteiger partial charge < -0.3 is 28.8 Å². The molecular formula is C72H50N4O2. The predicted molar refractivity (Wildman–Crippen MR) is 325 cm³/mol. The van der Waals surface area contributed by atoms with E-state index in [9.17, 15) is 5.11 Å². The summed E-state index contributed by atoms with van der Waals surface area (Å²) in [7, 11) is 1.71. The highest BCUT2D eigenvalue weighted by molar-refractivity contribution is 6.26.